The van der Waals surface area contributed by atoms with Gasteiger partial charge in [-0.3, -0.25) is 0 Å². The van der Waals surface area contributed by atoms with E-state index in [1.807, 2.05) is 5.06 Å². The normalized spacial score (nSPS) is 30.5. The van der Waals surface area contributed by atoms with Gasteiger partial charge in [-0.2, -0.15) is 10.0 Å². The summed E-state index contributed by atoms with van der Waals surface area (Å²) in [5.41, 5.74) is 2.43. The number of hydrogen-bond donors (Lipinski definition) is 1. The summed E-state index contributed by atoms with van der Waals surface area (Å²) < 4.78 is 5.01. The molecule has 2 rings (SSSR count). The van der Waals surface area contributed by atoms with E-state index in [0.29, 0.717) is 0 Å². The molecule has 0 radical (unpaired) electrons. The van der Waals surface area contributed by atoms with Crippen LogP contribution in [0.5, 0.6) is 0 Å². The third-order valence-electron chi connectivity index (χ3n) is 2.07. The highest BCUT2D eigenvalue weighted by molar-refractivity contribution is 4.56. The Kier molecular flexibility index (Phi) is 2.91. The molecule has 70 valence electrons. The van der Waals surface area contributed by atoms with Gasteiger partial charge in [-0.25, -0.2) is 4.84 Å². The van der Waals surface area contributed by atoms with Crippen molar-refractivity contribution in [1.82, 2.24) is 10.7 Å². The molecule has 0 saturated carbocycles. The van der Waals surface area contributed by atoms with Crippen LogP contribution in [0.3, 0.4) is 0 Å². The molecule has 1 atom stereocenters. The van der Waals surface area contributed by atoms with Crippen molar-refractivity contribution >= 4 is 0 Å². The van der Waals surface area contributed by atoms with Crippen LogP contribution in [0.15, 0.2) is 0 Å². The topological polar surface area (TPSA) is 43.0 Å². The molecule has 0 spiro atoms. The summed E-state index contributed by atoms with van der Waals surface area (Å²) in [6.45, 7) is 2.74. The predicted molar refractivity (Wildman–Crippen MR) is 40.5 cm³/mol. The van der Waals surface area contributed by atoms with E-state index in [0.717, 1.165) is 26.1 Å². The summed E-state index contributed by atoms with van der Waals surface area (Å²) in [7, 11) is 0. The van der Waals surface area contributed by atoms with Crippen LogP contribution in [0, 0.1) is 0 Å². The van der Waals surface area contributed by atoms with Gasteiger partial charge in [0, 0.05) is 19.5 Å². The van der Waals surface area contributed by atoms with E-state index in [9.17, 15) is 0 Å². The fraction of sp³-hybridized carbons (Fsp3) is 1.00. The Labute approximate surface area is 71.4 Å². The highest BCUT2D eigenvalue weighted by Crippen LogP contribution is 2.11. The van der Waals surface area contributed by atoms with Gasteiger partial charge in [0.25, 0.3) is 0 Å². The lowest BCUT2D eigenvalue weighted by atomic mass is 10.4. The van der Waals surface area contributed by atoms with Crippen LogP contribution in [0.2, 0.25) is 0 Å². The zero-order valence-electron chi connectivity index (χ0n) is 6.99. The second-order valence-corrected chi connectivity index (χ2v) is 3.02. The Balaban J connectivity index is 1.49. The van der Waals surface area contributed by atoms with Gasteiger partial charge in [-0.15, -0.1) is 0 Å². The summed E-state index contributed by atoms with van der Waals surface area (Å²) in [4.78, 5) is 10.1. The van der Waals surface area contributed by atoms with Crippen LogP contribution in [-0.2, 0) is 14.5 Å². The van der Waals surface area contributed by atoms with E-state index in [-0.39, 0.29) is 6.29 Å². The van der Waals surface area contributed by atoms with E-state index in [1.54, 1.807) is 0 Å². The number of hydroxylamine groups is 2. The fourth-order valence-corrected chi connectivity index (χ4v) is 1.21. The molecule has 2 fully saturated rings. The minimum atomic E-state index is -0.118. The Morgan fingerprint density at radius 3 is 2.67 bits per heavy atom. The highest BCUT2D eigenvalue weighted by Gasteiger charge is 2.20. The third kappa shape index (κ3) is 2.15. The maximum Gasteiger partial charge on any atom is 0.182 e. The molecule has 0 aliphatic carbocycles. The van der Waals surface area contributed by atoms with Crippen molar-refractivity contribution in [2.75, 3.05) is 19.7 Å². The molecule has 5 heteroatoms. The van der Waals surface area contributed by atoms with Crippen molar-refractivity contribution in [1.29, 1.82) is 0 Å². The third-order valence-corrected chi connectivity index (χ3v) is 2.07. The molecule has 0 aromatic rings. The SMILES string of the molecule is C1CCN(ONOC2CCO2)C1. The predicted octanol–water partition coefficient (Wildman–Crippen LogP) is 0.196. The van der Waals surface area contributed by atoms with E-state index >= 15 is 0 Å². The number of nitrogens with one attached hydrogen (secondary N) is 1. The number of rotatable bonds is 4. The van der Waals surface area contributed by atoms with Crippen molar-refractivity contribution < 1.29 is 14.5 Å². The molecule has 5 nitrogen and oxygen atoms in total. The molecule has 1 N–H and O–H groups in total. The molecule has 12 heavy (non-hydrogen) atoms. The number of ether oxygens (including phenoxy) is 1. The Morgan fingerprint density at radius 1 is 1.33 bits per heavy atom. The van der Waals surface area contributed by atoms with Gasteiger partial charge < -0.3 is 4.74 Å². The minimum absolute atomic E-state index is 0.118. The average Bonchev–Trinajstić information content (AvgIpc) is 2.46. The van der Waals surface area contributed by atoms with Gasteiger partial charge >= 0.3 is 0 Å². The molecular formula is C7H14N2O3. The van der Waals surface area contributed by atoms with E-state index < -0.39 is 0 Å². The first-order chi connectivity index (χ1) is 5.95. The summed E-state index contributed by atoms with van der Waals surface area (Å²) in [5, 5.41) is 1.85. The first-order valence-electron chi connectivity index (χ1n) is 4.39. The van der Waals surface area contributed by atoms with Crippen LogP contribution in [0.1, 0.15) is 19.3 Å². The van der Waals surface area contributed by atoms with Crippen LogP contribution < -0.4 is 5.64 Å². The van der Waals surface area contributed by atoms with Gasteiger partial charge in [0.05, 0.1) is 6.61 Å². The lowest BCUT2D eigenvalue weighted by molar-refractivity contribution is -0.362. The van der Waals surface area contributed by atoms with Crippen LogP contribution in [0.4, 0.5) is 0 Å². The largest absolute Gasteiger partial charge is 0.350 e. The summed E-state index contributed by atoms with van der Waals surface area (Å²) in [5.74, 6) is 0. The first kappa shape index (κ1) is 8.40. The van der Waals surface area contributed by atoms with Gasteiger partial charge in [0.15, 0.2) is 6.29 Å². The Hall–Kier alpha value is -0.200. The van der Waals surface area contributed by atoms with Gasteiger partial charge in [-0.05, 0) is 12.8 Å². The monoisotopic (exact) mass is 174 g/mol. The maximum atomic E-state index is 5.09. The highest BCUT2D eigenvalue weighted by atomic mass is 17.0. The molecule has 2 aliphatic heterocycles. The van der Waals surface area contributed by atoms with Crippen molar-refractivity contribution in [3.05, 3.63) is 0 Å². The van der Waals surface area contributed by atoms with E-state index in [1.165, 1.54) is 12.8 Å². The Morgan fingerprint density at radius 2 is 2.08 bits per heavy atom. The fourth-order valence-electron chi connectivity index (χ4n) is 1.21. The van der Waals surface area contributed by atoms with E-state index in [2.05, 4.69) is 5.64 Å². The van der Waals surface area contributed by atoms with Crippen LogP contribution >= 0.6 is 0 Å². The summed E-state index contributed by atoms with van der Waals surface area (Å²) in [6, 6.07) is 0. The second kappa shape index (κ2) is 4.15. The maximum absolute atomic E-state index is 5.09. The number of nitrogens with zero attached hydrogens (tertiary/aromatic N) is 1. The van der Waals surface area contributed by atoms with Crippen molar-refractivity contribution in [3.63, 3.8) is 0 Å². The number of hydrogen-bond acceptors (Lipinski definition) is 5. The van der Waals surface area contributed by atoms with Gasteiger partial charge in [-0.1, -0.05) is 5.64 Å². The molecule has 2 saturated heterocycles. The van der Waals surface area contributed by atoms with E-state index in [4.69, 9.17) is 14.5 Å². The van der Waals surface area contributed by atoms with Crippen LogP contribution in [0.25, 0.3) is 0 Å². The minimum Gasteiger partial charge on any atom is -0.350 e. The quantitative estimate of drug-likeness (QED) is 0.616. The molecule has 0 bridgehead atoms. The first-order valence-corrected chi connectivity index (χ1v) is 4.39. The second-order valence-electron chi connectivity index (χ2n) is 3.02. The molecule has 0 amide bonds. The van der Waals surface area contributed by atoms with Gasteiger partial charge in [0.2, 0.25) is 0 Å². The molecule has 2 aliphatic rings. The molecule has 0 aromatic carbocycles. The van der Waals surface area contributed by atoms with Crippen molar-refractivity contribution in [2.45, 2.75) is 25.6 Å². The molecular weight excluding hydrogens is 160 g/mol. The smallest absolute Gasteiger partial charge is 0.182 e. The molecule has 2 heterocycles. The standard InChI is InChI=1S/C7H14N2O3/c1-2-5-9(4-1)12-8-11-7-3-6-10-7/h7-8H,1-6H2. The average molecular weight is 174 g/mol. The summed E-state index contributed by atoms with van der Waals surface area (Å²) >= 11 is 0. The van der Waals surface area contributed by atoms with Crippen molar-refractivity contribution in [2.24, 2.45) is 0 Å². The van der Waals surface area contributed by atoms with Crippen LogP contribution in [-0.4, -0.2) is 31.0 Å². The zero-order chi connectivity index (χ0) is 8.23. The van der Waals surface area contributed by atoms with Gasteiger partial charge in [0.1, 0.15) is 0 Å². The van der Waals surface area contributed by atoms with Crippen molar-refractivity contribution in [3.8, 4) is 0 Å². The lowest BCUT2D eigenvalue weighted by Crippen LogP contribution is -2.38. The molecule has 0 aromatic heterocycles. The summed E-state index contributed by atoms with van der Waals surface area (Å²) in [6.07, 6.45) is 3.21. The lowest BCUT2D eigenvalue weighted by Gasteiger charge is -2.26. The molecule has 1 unspecified atom stereocenters. The zero-order valence-corrected chi connectivity index (χ0v) is 6.99. The Bertz CT molecular complexity index is 135.